The van der Waals surface area contributed by atoms with Crippen LogP contribution in [0.1, 0.15) is 77.1 Å². The third kappa shape index (κ3) is 7.57. The second-order valence-corrected chi connectivity index (χ2v) is 19.2. The molecule has 0 bridgehead atoms. The van der Waals surface area contributed by atoms with Crippen LogP contribution in [0.5, 0.6) is 0 Å². The van der Waals surface area contributed by atoms with E-state index in [1.165, 1.54) is 6.08 Å². The van der Waals surface area contributed by atoms with Gasteiger partial charge in [-0.1, -0.05) is 139 Å². The lowest BCUT2D eigenvalue weighted by molar-refractivity contribution is -0.241. The van der Waals surface area contributed by atoms with Crippen LogP contribution < -0.4 is 9.80 Å². The van der Waals surface area contributed by atoms with Gasteiger partial charge >= 0.3 is 23.7 Å². The van der Waals surface area contributed by atoms with Crippen molar-refractivity contribution in [2.24, 2.45) is 16.7 Å². The number of allylic oxidation sites excluding steroid dienone is 1. The van der Waals surface area contributed by atoms with Gasteiger partial charge in [-0.2, -0.15) is 0 Å². The Labute approximate surface area is 373 Å². The van der Waals surface area contributed by atoms with Gasteiger partial charge in [-0.25, -0.2) is 14.4 Å². The van der Waals surface area contributed by atoms with Crippen molar-refractivity contribution in [2.45, 2.75) is 84.8 Å². The number of nitrogens with zero attached hydrogens (tertiary/aromatic N) is 2. The van der Waals surface area contributed by atoms with Crippen LogP contribution in [0, 0.1) is 16.7 Å². The first-order valence-electron chi connectivity index (χ1n) is 21.7. The van der Waals surface area contributed by atoms with E-state index in [9.17, 15) is 4.79 Å². The molecular weight excluding hydrogens is 813 g/mol. The molecule has 0 N–H and O–H groups in total. The molecule has 2 saturated heterocycles. The molecule has 4 atom stereocenters. The monoisotopic (exact) mass is 866 g/mol. The van der Waals surface area contributed by atoms with E-state index in [0.717, 1.165) is 17.2 Å². The second-order valence-electron chi connectivity index (χ2n) is 19.2. The summed E-state index contributed by atoms with van der Waals surface area (Å²) in [5.41, 5.74) is -2.27. The predicted octanol–water partition coefficient (Wildman–Crippen LogP) is 8.23. The number of hydrogen-bond acceptors (Lipinski definition) is 10. The zero-order chi connectivity index (χ0) is 45.7. The maximum Gasteiger partial charge on any atom is 0.380 e. The molecule has 8 rings (SSSR count). The van der Waals surface area contributed by atoms with Gasteiger partial charge in [0.1, 0.15) is 11.2 Å². The molecule has 0 radical (unpaired) electrons. The molecule has 332 valence electrons. The average Bonchev–Trinajstić information content (AvgIpc) is 3.91. The second kappa shape index (κ2) is 16.5. The molecule has 1 spiro atoms. The zero-order valence-electron chi connectivity index (χ0n) is 37.3. The maximum absolute atomic E-state index is 16.4. The number of fused-ring (bicyclic) bond motifs is 5. The van der Waals surface area contributed by atoms with Gasteiger partial charge in [0.15, 0.2) is 0 Å². The standard InChI is InChI=1S/C52H54N2O10/c1-8-60-43(55)28-36-27-42-51(39-24-16-18-26-41(39)54(45(51)57)31-35-21-13-10-14-22-35)50(46(58)61-32-48(2,3)4,64-52(42,63-36)47(59)62-33-49(5,6)7)29-38-37-23-15-17-25-40(37)53(44(38)56)30-34-19-11-9-12-20-34/h9-26,28-29,42H,8,27,30-33H2,1-7H3/b36-28-,38-29-/t42-,50+,51+,52-/m1/s1. The minimum Gasteiger partial charge on any atom is -0.463 e. The van der Waals surface area contributed by atoms with Crippen molar-refractivity contribution in [2.75, 3.05) is 29.6 Å². The van der Waals surface area contributed by atoms with Crippen molar-refractivity contribution in [3.63, 3.8) is 0 Å². The van der Waals surface area contributed by atoms with Crippen LogP contribution in [0.4, 0.5) is 11.4 Å². The molecule has 4 heterocycles. The van der Waals surface area contributed by atoms with Gasteiger partial charge in [0, 0.05) is 23.2 Å². The minimum atomic E-state index is -2.57. The highest BCUT2D eigenvalue weighted by molar-refractivity contribution is 6.33. The Morgan fingerprint density at radius 1 is 0.703 bits per heavy atom. The first kappa shape index (κ1) is 44.1. The first-order chi connectivity index (χ1) is 30.4. The molecule has 4 aromatic carbocycles. The van der Waals surface area contributed by atoms with Crippen molar-refractivity contribution in [1.82, 2.24) is 0 Å². The third-order valence-corrected chi connectivity index (χ3v) is 11.9. The number of hydrogen-bond donors (Lipinski definition) is 0. The van der Waals surface area contributed by atoms with E-state index in [1.807, 2.05) is 114 Å². The normalized spacial score (nSPS) is 24.8. The molecule has 64 heavy (non-hydrogen) atoms. The molecule has 12 heteroatoms. The van der Waals surface area contributed by atoms with E-state index in [2.05, 4.69) is 0 Å². The molecule has 0 unspecified atom stereocenters. The maximum atomic E-state index is 16.4. The van der Waals surface area contributed by atoms with Gasteiger partial charge in [0.05, 0.1) is 50.6 Å². The fourth-order valence-corrected chi connectivity index (χ4v) is 9.23. The number of ether oxygens (including phenoxy) is 5. The quantitative estimate of drug-likeness (QED) is 0.0824. The van der Waals surface area contributed by atoms with Crippen molar-refractivity contribution < 1.29 is 47.7 Å². The fraction of sp³-hybridized carbons (Fsp3) is 0.365. The Bertz CT molecular complexity index is 2560. The summed E-state index contributed by atoms with van der Waals surface area (Å²) < 4.78 is 31.4. The summed E-state index contributed by atoms with van der Waals surface area (Å²) in [5.74, 6) is -7.73. The molecule has 4 aromatic rings. The summed E-state index contributed by atoms with van der Waals surface area (Å²) in [4.78, 5) is 78.8. The number of carbonyl (C=O) groups excluding carboxylic acids is 5. The molecule has 0 aromatic heterocycles. The van der Waals surface area contributed by atoms with E-state index in [0.29, 0.717) is 22.5 Å². The van der Waals surface area contributed by atoms with Gasteiger partial charge in [0.2, 0.25) is 11.5 Å². The Balaban J connectivity index is 1.44. The number of carbonyl (C=O) groups is 5. The molecule has 4 aliphatic heterocycles. The van der Waals surface area contributed by atoms with E-state index < -0.39 is 63.3 Å². The molecule has 4 aliphatic rings. The van der Waals surface area contributed by atoms with Crippen LogP contribution in [0.3, 0.4) is 0 Å². The number of anilines is 2. The van der Waals surface area contributed by atoms with Gasteiger partial charge in [-0.3, -0.25) is 9.59 Å². The van der Waals surface area contributed by atoms with Crippen molar-refractivity contribution >= 4 is 46.7 Å². The number of amides is 2. The number of para-hydroxylation sites is 2. The molecule has 2 amide bonds. The number of benzene rings is 4. The number of rotatable bonds is 11. The Hall–Kier alpha value is -6.53. The largest absolute Gasteiger partial charge is 0.463 e. The predicted molar refractivity (Wildman–Crippen MR) is 239 cm³/mol. The fourth-order valence-electron chi connectivity index (χ4n) is 9.23. The summed E-state index contributed by atoms with van der Waals surface area (Å²) in [6.45, 7) is 13.1. The van der Waals surface area contributed by atoms with Crippen molar-refractivity contribution in [3.05, 3.63) is 149 Å². The van der Waals surface area contributed by atoms with Crippen LogP contribution >= 0.6 is 0 Å². The summed E-state index contributed by atoms with van der Waals surface area (Å²) in [7, 11) is 0. The lowest BCUT2D eigenvalue weighted by atomic mass is 9.59. The van der Waals surface area contributed by atoms with E-state index >= 15 is 19.2 Å². The highest BCUT2D eigenvalue weighted by Gasteiger charge is 2.85. The smallest absolute Gasteiger partial charge is 0.380 e. The lowest BCUT2D eigenvalue weighted by Crippen LogP contribution is -2.61. The molecule has 2 fully saturated rings. The van der Waals surface area contributed by atoms with E-state index in [4.69, 9.17) is 23.7 Å². The summed E-state index contributed by atoms with van der Waals surface area (Å²) in [6, 6.07) is 33.2. The van der Waals surface area contributed by atoms with E-state index in [1.54, 1.807) is 53.1 Å². The van der Waals surface area contributed by atoms with Crippen LogP contribution in [-0.2, 0) is 66.2 Å². The van der Waals surface area contributed by atoms with Crippen LogP contribution in [0.25, 0.3) is 5.57 Å². The van der Waals surface area contributed by atoms with Crippen LogP contribution in [0.15, 0.2) is 127 Å². The van der Waals surface area contributed by atoms with Crippen molar-refractivity contribution in [1.29, 1.82) is 0 Å². The summed E-state index contributed by atoms with van der Waals surface area (Å²) in [6.07, 6.45) is 2.27. The zero-order valence-corrected chi connectivity index (χ0v) is 37.3. The van der Waals surface area contributed by atoms with Crippen LogP contribution in [0.2, 0.25) is 0 Å². The highest BCUT2D eigenvalue weighted by Crippen LogP contribution is 2.68. The topological polar surface area (TPSA) is 138 Å². The Morgan fingerprint density at radius 2 is 1.25 bits per heavy atom. The lowest BCUT2D eigenvalue weighted by Gasteiger charge is -2.39. The molecule has 0 aliphatic carbocycles. The third-order valence-electron chi connectivity index (χ3n) is 11.9. The number of esters is 3. The molecule has 0 saturated carbocycles. The highest BCUT2D eigenvalue weighted by atomic mass is 16.8. The van der Waals surface area contributed by atoms with Gasteiger partial charge < -0.3 is 33.5 Å². The summed E-state index contributed by atoms with van der Waals surface area (Å²) >= 11 is 0. The van der Waals surface area contributed by atoms with Gasteiger partial charge in [-0.15, -0.1) is 0 Å². The van der Waals surface area contributed by atoms with Gasteiger partial charge in [-0.05, 0) is 52.7 Å². The SMILES string of the molecule is CCOC(=O)/C=C1/C[C@H]2[C@@](C(=O)OCC(C)(C)C)(O1)O[C@@](/C=C1\C(=O)N(Cc3ccccc3)c3ccccc31)(C(=O)OCC(C)(C)C)[C@]21C(=O)N(Cc2ccccc2)c2ccccc21. The van der Waals surface area contributed by atoms with Gasteiger partial charge in [0.25, 0.3) is 5.91 Å². The minimum absolute atomic E-state index is 0.0111. The summed E-state index contributed by atoms with van der Waals surface area (Å²) in [5, 5.41) is 0. The molecular formula is C52H54N2O10. The average molecular weight is 867 g/mol. The molecule has 12 nitrogen and oxygen atoms in total. The Morgan fingerprint density at radius 3 is 1.86 bits per heavy atom. The van der Waals surface area contributed by atoms with Crippen molar-refractivity contribution in [3.8, 4) is 0 Å². The van der Waals surface area contributed by atoms with E-state index in [-0.39, 0.29) is 50.7 Å². The van der Waals surface area contributed by atoms with Crippen LogP contribution in [-0.4, -0.2) is 60.9 Å². The first-order valence-corrected chi connectivity index (χ1v) is 21.7. The Kier molecular flexibility index (Phi) is 11.4.